The molecule has 72 valence electrons. The number of thiocarbonyl (C=S) groups is 1. The van der Waals surface area contributed by atoms with Crippen LogP contribution in [-0.2, 0) is 0 Å². The lowest BCUT2D eigenvalue weighted by Crippen LogP contribution is -2.32. The van der Waals surface area contributed by atoms with E-state index in [1.807, 2.05) is 10.9 Å². The summed E-state index contributed by atoms with van der Waals surface area (Å²) in [6.07, 6.45) is 4.08. The Morgan fingerprint density at radius 2 is 1.92 bits per heavy atom. The lowest BCUT2D eigenvalue weighted by atomic mass is 10.1. The fourth-order valence-electron chi connectivity index (χ4n) is 1.55. The molecule has 2 aliphatic rings. The van der Waals surface area contributed by atoms with Crippen LogP contribution in [0.2, 0.25) is 0 Å². The Kier molecular flexibility index (Phi) is 3.24. The number of hydrogen-bond donors (Lipinski definition) is 0. The van der Waals surface area contributed by atoms with Gasteiger partial charge in [0, 0.05) is 18.0 Å². The first-order chi connectivity index (χ1) is 6.27. The molecule has 0 N–H and O–H groups in total. The predicted octanol–water partition coefficient (Wildman–Crippen LogP) is 2.56. The molecule has 0 saturated carbocycles. The van der Waals surface area contributed by atoms with Gasteiger partial charge in [-0.25, -0.2) is 0 Å². The Labute approximate surface area is 92.4 Å². The average Bonchev–Trinajstić information content (AvgIpc) is 2.49. The number of piperidine rings is 1. The van der Waals surface area contributed by atoms with Gasteiger partial charge in [0.1, 0.15) is 4.32 Å². The molecule has 2 rings (SSSR count). The van der Waals surface area contributed by atoms with Gasteiger partial charge in [-0.15, -0.1) is 10.9 Å². The fraction of sp³-hybridized carbons (Fsp3) is 0.667. The van der Waals surface area contributed by atoms with Crippen molar-refractivity contribution in [3.05, 3.63) is 0 Å². The van der Waals surface area contributed by atoms with Crippen LogP contribution in [0.25, 0.3) is 0 Å². The number of rotatable bonds is 0. The number of thioether (sulfide) groups is 1. The molecule has 0 atom stereocenters. The van der Waals surface area contributed by atoms with Crippen LogP contribution in [0.3, 0.4) is 0 Å². The van der Waals surface area contributed by atoms with Crippen LogP contribution < -0.4 is 0 Å². The Bertz CT molecular complexity index is 296. The third-order valence-electron chi connectivity index (χ3n) is 2.32. The van der Waals surface area contributed by atoms with Gasteiger partial charge in [-0.3, -0.25) is 4.90 Å². The second-order valence-corrected chi connectivity index (χ2v) is 6.49. The minimum absolute atomic E-state index is 1.07. The van der Waals surface area contributed by atoms with E-state index >= 15 is 0 Å². The maximum absolute atomic E-state index is 5.25. The number of hydrogen-bond acceptors (Lipinski definition) is 3. The van der Waals surface area contributed by atoms with Crippen LogP contribution in [-0.4, -0.2) is 31.4 Å². The Morgan fingerprint density at radius 1 is 1.23 bits per heavy atom. The molecule has 0 aromatic carbocycles. The molecule has 1 fully saturated rings. The van der Waals surface area contributed by atoms with Crippen LogP contribution in [0.15, 0.2) is 0 Å². The lowest BCUT2D eigenvalue weighted by Gasteiger charge is -2.25. The van der Waals surface area contributed by atoms with Crippen molar-refractivity contribution in [1.82, 2.24) is 4.90 Å². The third kappa shape index (κ3) is 2.24. The van der Waals surface area contributed by atoms with Crippen LogP contribution in [0.5, 0.6) is 0 Å². The molecule has 2 aliphatic heterocycles. The minimum atomic E-state index is 1.07. The highest BCUT2D eigenvalue weighted by atomic mass is 32.2. The molecule has 0 spiro atoms. The Hall–Kier alpha value is 0.360. The number of nitrogens with zero attached hydrogens (tertiary/aromatic N) is 1. The van der Waals surface area contributed by atoms with Crippen molar-refractivity contribution in [3.63, 3.8) is 0 Å². The fourth-order valence-corrected chi connectivity index (χ4v) is 4.38. The maximum atomic E-state index is 5.25. The highest BCUT2D eigenvalue weighted by Gasteiger charge is 2.20. The predicted molar refractivity (Wildman–Crippen MR) is 68.9 cm³/mol. The largest absolute Gasteiger partial charge is 0.261 e. The standard InChI is InChI=1S/C9H13NS3/c1-7-8(11)13-9(12-7)10-5-3-2-4-6-10/h2-6H2,1H3. The van der Waals surface area contributed by atoms with E-state index in [0.717, 1.165) is 4.20 Å². The highest BCUT2D eigenvalue weighted by Crippen LogP contribution is 2.23. The van der Waals surface area contributed by atoms with Crippen molar-refractivity contribution in [1.29, 1.82) is 0 Å². The van der Waals surface area contributed by atoms with Crippen molar-refractivity contribution >= 4 is 48.3 Å². The van der Waals surface area contributed by atoms with E-state index in [1.165, 1.54) is 41.5 Å². The van der Waals surface area contributed by atoms with Gasteiger partial charge in [-0.2, -0.15) is 0 Å². The van der Waals surface area contributed by atoms with Gasteiger partial charge >= 0.3 is 0 Å². The summed E-state index contributed by atoms with van der Waals surface area (Å²) in [6, 6.07) is 0. The zero-order valence-corrected chi connectivity index (χ0v) is 10.2. The monoisotopic (exact) mass is 231 g/mol. The summed E-state index contributed by atoms with van der Waals surface area (Å²) in [5, 5.41) is 0. The molecule has 0 aliphatic carbocycles. The van der Waals surface area contributed by atoms with E-state index in [-0.39, 0.29) is 0 Å². The normalized spacial score (nSPS) is 25.2. The van der Waals surface area contributed by atoms with E-state index < -0.39 is 0 Å². The van der Waals surface area contributed by atoms with Crippen LogP contribution in [0, 0.1) is 0 Å². The average molecular weight is 231 g/mol. The minimum Gasteiger partial charge on any atom is -0.261 e. The SMILES string of the molecule is CC1=S=C(N2CCCCC2)SC1=S. The highest BCUT2D eigenvalue weighted by molar-refractivity contribution is 8.46. The smallest absolute Gasteiger partial charge is 0.111 e. The molecule has 1 nitrogen and oxygen atoms in total. The second kappa shape index (κ2) is 4.26. The topological polar surface area (TPSA) is 3.24 Å². The lowest BCUT2D eigenvalue weighted by molar-refractivity contribution is 0.352. The third-order valence-corrected chi connectivity index (χ3v) is 5.50. The quantitative estimate of drug-likeness (QED) is 0.590. The van der Waals surface area contributed by atoms with Crippen molar-refractivity contribution in [3.8, 4) is 0 Å². The second-order valence-electron chi connectivity index (χ2n) is 3.36. The van der Waals surface area contributed by atoms with Crippen LogP contribution >= 0.6 is 34.9 Å². The van der Waals surface area contributed by atoms with Gasteiger partial charge in [0.05, 0.1) is 4.20 Å². The molecule has 0 radical (unpaired) electrons. The molecule has 4 heteroatoms. The first-order valence-corrected chi connectivity index (χ1v) is 6.67. The van der Waals surface area contributed by atoms with Crippen molar-refractivity contribution in [2.24, 2.45) is 0 Å². The molecule has 0 unspecified atom stereocenters. The molecule has 2 heterocycles. The Balaban J connectivity index is 2.10. The van der Waals surface area contributed by atoms with Gasteiger partial charge in [0.25, 0.3) is 0 Å². The summed E-state index contributed by atoms with van der Waals surface area (Å²) >= 11 is 7.03. The van der Waals surface area contributed by atoms with E-state index in [4.69, 9.17) is 12.2 Å². The summed E-state index contributed by atoms with van der Waals surface area (Å²) < 4.78 is 2.49. The molecule has 1 saturated heterocycles. The molecular weight excluding hydrogens is 218 g/mol. The molecular formula is C9H13NS3. The number of likely N-dealkylation sites (tertiary alicyclic amines) is 1. The van der Waals surface area contributed by atoms with E-state index in [1.54, 1.807) is 11.8 Å². The molecule has 0 bridgehead atoms. The Morgan fingerprint density at radius 3 is 2.46 bits per heavy atom. The van der Waals surface area contributed by atoms with E-state index in [9.17, 15) is 0 Å². The summed E-state index contributed by atoms with van der Waals surface area (Å²) in [6.45, 7) is 4.58. The summed E-state index contributed by atoms with van der Waals surface area (Å²) in [7, 11) is 1.86. The van der Waals surface area contributed by atoms with Gasteiger partial charge in [0.15, 0.2) is 0 Å². The van der Waals surface area contributed by atoms with Crippen LogP contribution in [0.1, 0.15) is 26.2 Å². The van der Waals surface area contributed by atoms with Gasteiger partial charge < -0.3 is 0 Å². The summed E-state index contributed by atoms with van der Waals surface area (Å²) in [5.74, 6) is 0. The van der Waals surface area contributed by atoms with Gasteiger partial charge in [-0.1, -0.05) is 30.4 Å². The van der Waals surface area contributed by atoms with Gasteiger partial charge in [-0.05, 0) is 19.8 Å². The zero-order valence-electron chi connectivity index (χ0n) is 7.71. The maximum Gasteiger partial charge on any atom is 0.111 e. The summed E-state index contributed by atoms with van der Waals surface area (Å²) in [4.78, 5) is 3.79. The molecule has 0 aromatic rings. The molecule has 0 aromatic heterocycles. The van der Waals surface area contributed by atoms with Crippen molar-refractivity contribution in [2.45, 2.75) is 26.2 Å². The summed E-state index contributed by atoms with van der Waals surface area (Å²) in [5.41, 5.74) is 0. The van der Waals surface area contributed by atoms with E-state index in [2.05, 4.69) is 11.8 Å². The first kappa shape index (κ1) is 9.90. The van der Waals surface area contributed by atoms with E-state index in [0.29, 0.717) is 0 Å². The first-order valence-electron chi connectivity index (χ1n) is 4.63. The van der Waals surface area contributed by atoms with Gasteiger partial charge in [0.2, 0.25) is 0 Å². The zero-order chi connectivity index (χ0) is 9.26. The molecule has 0 amide bonds. The molecule has 13 heavy (non-hydrogen) atoms. The van der Waals surface area contributed by atoms with Crippen LogP contribution in [0.4, 0.5) is 0 Å². The van der Waals surface area contributed by atoms with Crippen molar-refractivity contribution < 1.29 is 0 Å². The van der Waals surface area contributed by atoms with Crippen molar-refractivity contribution in [2.75, 3.05) is 13.1 Å².